The van der Waals surface area contributed by atoms with Gasteiger partial charge in [0.15, 0.2) is 0 Å². The SMILES string of the molecule is CCCCCCCC/C=C\CCCCCCCCN(C=O)CC(N)=O. The predicted molar refractivity (Wildman–Crippen MR) is 106 cm³/mol. The first kappa shape index (κ1) is 23.7. The number of carbonyl (C=O) groups excluding carboxylic acids is 2. The van der Waals surface area contributed by atoms with Gasteiger partial charge >= 0.3 is 0 Å². The third kappa shape index (κ3) is 18.9. The van der Waals surface area contributed by atoms with Gasteiger partial charge in [-0.1, -0.05) is 76.9 Å². The molecule has 0 unspecified atom stereocenters. The normalized spacial score (nSPS) is 11.1. The lowest BCUT2D eigenvalue weighted by Crippen LogP contribution is -2.33. The Hall–Kier alpha value is -1.32. The monoisotopic (exact) mass is 352 g/mol. The van der Waals surface area contributed by atoms with Crippen LogP contribution in [0.15, 0.2) is 12.2 Å². The summed E-state index contributed by atoms with van der Waals surface area (Å²) in [4.78, 5) is 23.0. The van der Waals surface area contributed by atoms with Gasteiger partial charge in [0.05, 0.1) is 6.54 Å². The van der Waals surface area contributed by atoms with Crippen LogP contribution in [0.25, 0.3) is 0 Å². The molecular formula is C21H40N2O2. The molecule has 0 aromatic carbocycles. The number of allylic oxidation sites excluding steroid dienone is 2. The van der Waals surface area contributed by atoms with E-state index >= 15 is 0 Å². The second-order valence-electron chi connectivity index (χ2n) is 6.98. The number of primary amides is 1. The number of nitrogens with zero attached hydrogens (tertiary/aromatic N) is 1. The van der Waals surface area contributed by atoms with E-state index in [0.717, 1.165) is 12.8 Å². The first-order chi connectivity index (χ1) is 12.2. The Morgan fingerprint density at radius 1 is 0.800 bits per heavy atom. The van der Waals surface area contributed by atoms with E-state index < -0.39 is 5.91 Å². The van der Waals surface area contributed by atoms with Crippen molar-refractivity contribution in [3.05, 3.63) is 12.2 Å². The summed E-state index contributed by atoms with van der Waals surface area (Å²) in [5, 5.41) is 0. The van der Waals surface area contributed by atoms with Crippen LogP contribution in [0.3, 0.4) is 0 Å². The van der Waals surface area contributed by atoms with Gasteiger partial charge in [-0.05, 0) is 32.1 Å². The van der Waals surface area contributed by atoms with Crippen molar-refractivity contribution in [3.63, 3.8) is 0 Å². The molecule has 0 radical (unpaired) electrons. The van der Waals surface area contributed by atoms with Crippen molar-refractivity contribution in [1.82, 2.24) is 4.90 Å². The highest BCUT2D eigenvalue weighted by Gasteiger charge is 2.04. The van der Waals surface area contributed by atoms with Crippen LogP contribution in [-0.4, -0.2) is 30.3 Å². The molecule has 0 spiro atoms. The average molecular weight is 353 g/mol. The molecule has 25 heavy (non-hydrogen) atoms. The number of amides is 2. The maximum absolute atomic E-state index is 10.8. The molecule has 0 aromatic heterocycles. The zero-order valence-electron chi connectivity index (χ0n) is 16.4. The van der Waals surface area contributed by atoms with E-state index in [0.29, 0.717) is 13.0 Å². The lowest BCUT2D eigenvalue weighted by molar-refractivity contribution is -0.126. The molecule has 2 N–H and O–H groups in total. The third-order valence-corrected chi connectivity index (χ3v) is 4.47. The lowest BCUT2D eigenvalue weighted by Gasteiger charge is -2.14. The highest BCUT2D eigenvalue weighted by Crippen LogP contribution is 2.10. The largest absolute Gasteiger partial charge is 0.368 e. The molecule has 0 atom stereocenters. The Balaban J connectivity index is 3.26. The Labute approximate surface area is 155 Å². The van der Waals surface area contributed by atoms with Gasteiger partial charge in [-0.2, -0.15) is 0 Å². The molecule has 0 bridgehead atoms. The zero-order chi connectivity index (χ0) is 18.6. The fourth-order valence-corrected chi connectivity index (χ4v) is 2.93. The van der Waals surface area contributed by atoms with Crippen LogP contribution in [0.2, 0.25) is 0 Å². The topological polar surface area (TPSA) is 63.4 Å². The summed E-state index contributed by atoms with van der Waals surface area (Å²) in [7, 11) is 0. The summed E-state index contributed by atoms with van der Waals surface area (Å²) < 4.78 is 0. The molecule has 4 heteroatoms. The second kappa shape index (κ2) is 19.0. The number of unbranched alkanes of at least 4 members (excludes halogenated alkanes) is 12. The van der Waals surface area contributed by atoms with Crippen LogP contribution in [0.5, 0.6) is 0 Å². The van der Waals surface area contributed by atoms with Gasteiger partial charge in [-0.3, -0.25) is 9.59 Å². The molecule has 0 aromatic rings. The Morgan fingerprint density at radius 3 is 1.76 bits per heavy atom. The number of hydrogen-bond donors (Lipinski definition) is 1. The van der Waals surface area contributed by atoms with Crippen molar-refractivity contribution < 1.29 is 9.59 Å². The molecule has 0 saturated carbocycles. The van der Waals surface area contributed by atoms with Gasteiger partial charge in [0, 0.05) is 6.54 Å². The summed E-state index contributed by atoms with van der Waals surface area (Å²) in [6.45, 7) is 2.93. The van der Waals surface area contributed by atoms with E-state index in [4.69, 9.17) is 5.73 Å². The molecule has 2 amide bonds. The Kier molecular flexibility index (Phi) is 18.0. The summed E-state index contributed by atoms with van der Waals surface area (Å²) >= 11 is 0. The Bertz CT molecular complexity index is 343. The van der Waals surface area contributed by atoms with Crippen LogP contribution < -0.4 is 5.73 Å². The number of rotatable bonds is 19. The van der Waals surface area contributed by atoms with Crippen molar-refractivity contribution in [3.8, 4) is 0 Å². The van der Waals surface area contributed by atoms with Gasteiger partial charge in [-0.15, -0.1) is 0 Å². The summed E-state index contributed by atoms with van der Waals surface area (Å²) in [6.07, 6.45) is 23.1. The smallest absolute Gasteiger partial charge is 0.237 e. The lowest BCUT2D eigenvalue weighted by atomic mass is 10.1. The number of carbonyl (C=O) groups is 2. The minimum atomic E-state index is -0.448. The summed E-state index contributed by atoms with van der Waals surface area (Å²) in [5.74, 6) is -0.448. The predicted octanol–water partition coefficient (Wildman–Crippen LogP) is 4.97. The van der Waals surface area contributed by atoms with E-state index in [1.54, 1.807) is 0 Å². The molecule has 0 aliphatic rings. The van der Waals surface area contributed by atoms with Crippen molar-refractivity contribution in [2.75, 3.05) is 13.1 Å². The maximum Gasteiger partial charge on any atom is 0.237 e. The minimum Gasteiger partial charge on any atom is -0.368 e. The zero-order valence-corrected chi connectivity index (χ0v) is 16.4. The summed E-state index contributed by atoms with van der Waals surface area (Å²) in [6, 6.07) is 0. The molecule has 146 valence electrons. The molecule has 0 rings (SSSR count). The first-order valence-electron chi connectivity index (χ1n) is 10.3. The third-order valence-electron chi connectivity index (χ3n) is 4.47. The number of hydrogen-bond acceptors (Lipinski definition) is 2. The van der Waals surface area contributed by atoms with Crippen molar-refractivity contribution in [2.24, 2.45) is 5.73 Å². The molecule has 0 heterocycles. The van der Waals surface area contributed by atoms with E-state index in [1.165, 1.54) is 81.9 Å². The van der Waals surface area contributed by atoms with E-state index in [2.05, 4.69) is 19.1 Å². The van der Waals surface area contributed by atoms with Crippen LogP contribution in [0.4, 0.5) is 0 Å². The standard InChI is InChI=1S/C21H40N2O2/c1-2-3-4-5-6-7-8-9-10-11-12-13-14-15-16-17-18-23(20-24)19-21(22)25/h9-10,20H,2-8,11-19H2,1H3,(H2,22,25)/b10-9-. The van der Waals surface area contributed by atoms with Crippen LogP contribution >= 0.6 is 0 Å². The Morgan fingerprint density at radius 2 is 1.28 bits per heavy atom. The number of nitrogens with two attached hydrogens (primary N) is 1. The van der Waals surface area contributed by atoms with Crippen molar-refractivity contribution in [1.29, 1.82) is 0 Å². The fourth-order valence-electron chi connectivity index (χ4n) is 2.93. The van der Waals surface area contributed by atoms with Crippen LogP contribution in [0.1, 0.15) is 96.8 Å². The van der Waals surface area contributed by atoms with Gasteiger partial charge in [0.1, 0.15) is 0 Å². The molecule has 0 aliphatic heterocycles. The molecular weight excluding hydrogens is 312 g/mol. The van der Waals surface area contributed by atoms with Gasteiger partial charge in [0.25, 0.3) is 0 Å². The van der Waals surface area contributed by atoms with Crippen LogP contribution in [-0.2, 0) is 9.59 Å². The highest BCUT2D eigenvalue weighted by molar-refractivity contribution is 5.77. The van der Waals surface area contributed by atoms with Crippen molar-refractivity contribution >= 4 is 12.3 Å². The maximum atomic E-state index is 10.8. The first-order valence-corrected chi connectivity index (χ1v) is 10.3. The minimum absolute atomic E-state index is 0.0363. The quantitative estimate of drug-likeness (QED) is 0.203. The highest BCUT2D eigenvalue weighted by atomic mass is 16.2. The van der Waals surface area contributed by atoms with Gasteiger partial charge in [-0.25, -0.2) is 0 Å². The molecule has 0 saturated heterocycles. The molecule has 4 nitrogen and oxygen atoms in total. The van der Waals surface area contributed by atoms with Gasteiger partial charge < -0.3 is 10.6 Å². The van der Waals surface area contributed by atoms with Crippen LogP contribution in [0, 0.1) is 0 Å². The van der Waals surface area contributed by atoms with E-state index in [1.807, 2.05) is 0 Å². The average Bonchev–Trinajstić information content (AvgIpc) is 2.60. The van der Waals surface area contributed by atoms with Gasteiger partial charge in [0.2, 0.25) is 12.3 Å². The summed E-state index contributed by atoms with van der Waals surface area (Å²) in [5.41, 5.74) is 5.09. The van der Waals surface area contributed by atoms with Crippen molar-refractivity contribution in [2.45, 2.75) is 96.8 Å². The fraction of sp³-hybridized carbons (Fsp3) is 0.810. The van der Waals surface area contributed by atoms with E-state index in [-0.39, 0.29) is 6.54 Å². The second-order valence-corrected chi connectivity index (χ2v) is 6.98. The van der Waals surface area contributed by atoms with E-state index in [9.17, 15) is 9.59 Å². The molecule has 0 fully saturated rings. The molecule has 0 aliphatic carbocycles.